The topological polar surface area (TPSA) is 52.6 Å². The third-order valence-corrected chi connectivity index (χ3v) is 1.50. The van der Waals surface area contributed by atoms with Crippen molar-refractivity contribution >= 4 is 12.3 Å². The van der Waals surface area contributed by atoms with Crippen LogP contribution in [0.2, 0.25) is 0 Å². The minimum atomic E-state index is -0.504. The van der Waals surface area contributed by atoms with Crippen LogP contribution >= 0.6 is 0 Å². The highest BCUT2D eigenvalue weighted by molar-refractivity contribution is 5.90. The summed E-state index contributed by atoms with van der Waals surface area (Å²) < 4.78 is 9.68. The summed E-state index contributed by atoms with van der Waals surface area (Å²) in [6.45, 7) is 4.30. The smallest absolute Gasteiger partial charge is 0.334 e. The second kappa shape index (κ2) is 4.01. The summed E-state index contributed by atoms with van der Waals surface area (Å²) in [6, 6.07) is 0. The Bertz CT molecular complexity index is 205. The van der Waals surface area contributed by atoms with Gasteiger partial charge in [-0.3, -0.25) is 0 Å². The largest absolute Gasteiger partial charge is 0.454 e. The summed E-state index contributed by atoms with van der Waals surface area (Å²) in [6.07, 6.45) is 0.508. The van der Waals surface area contributed by atoms with E-state index >= 15 is 0 Å². The van der Waals surface area contributed by atoms with E-state index < -0.39 is 5.97 Å². The molecule has 0 bridgehead atoms. The molecule has 0 N–H and O–H groups in total. The molecule has 4 nitrogen and oxygen atoms in total. The number of carbonyl (C=O) groups excluding carboxylic acids is 2. The van der Waals surface area contributed by atoms with Gasteiger partial charge in [-0.15, -0.1) is 0 Å². The lowest BCUT2D eigenvalue weighted by atomic mass is 10.2. The molecular weight excluding hydrogens is 160 g/mol. The molecule has 0 aromatic carbocycles. The Morgan fingerprint density at radius 3 is 2.75 bits per heavy atom. The second-order valence-corrected chi connectivity index (χ2v) is 2.54. The van der Waals surface area contributed by atoms with Gasteiger partial charge < -0.3 is 14.3 Å². The molecule has 1 aliphatic rings. The van der Waals surface area contributed by atoms with Crippen LogP contribution in [0.1, 0.15) is 6.42 Å². The molecule has 1 heterocycles. The Hall–Kier alpha value is -1.16. The second-order valence-electron chi connectivity index (χ2n) is 2.54. The molecule has 1 aliphatic heterocycles. The van der Waals surface area contributed by atoms with E-state index in [4.69, 9.17) is 9.47 Å². The number of rotatable bonds is 4. The van der Waals surface area contributed by atoms with Crippen LogP contribution in [0.25, 0.3) is 0 Å². The SMILES string of the molecule is C=C(CC=O)C(=O)OC1COC1. The van der Waals surface area contributed by atoms with Gasteiger partial charge in [-0.05, 0) is 0 Å². The van der Waals surface area contributed by atoms with Crippen molar-refractivity contribution in [2.45, 2.75) is 12.5 Å². The first-order chi connectivity index (χ1) is 5.74. The van der Waals surface area contributed by atoms with Crippen molar-refractivity contribution < 1.29 is 19.1 Å². The fourth-order valence-electron chi connectivity index (χ4n) is 0.701. The zero-order chi connectivity index (χ0) is 8.97. The first-order valence-electron chi connectivity index (χ1n) is 3.64. The van der Waals surface area contributed by atoms with Crippen LogP contribution in [0.4, 0.5) is 0 Å². The molecule has 1 rings (SSSR count). The monoisotopic (exact) mass is 170 g/mol. The normalized spacial score (nSPS) is 16.3. The number of carbonyl (C=O) groups is 2. The van der Waals surface area contributed by atoms with Gasteiger partial charge in [0.25, 0.3) is 0 Å². The van der Waals surface area contributed by atoms with Gasteiger partial charge in [0, 0.05) is 12.0 Å². The molecule has 4 heteroatoms. The van der Waals surface area contributed by atoms with E-state index in [0.717, 1.165) is 0 Å². The summed E-state index contributed by atoms with van der Waals surface area (Å²) in [5.41, 5.74) is 0.192. The number of hydrogen-bond acceptors (Lipinski definition) is 4. The first-order valence-corrected chi connectivity index (χ1v) is 3.64. The average molecular weight is 170 g/mol. The Labute approximate surface area is 70.1 Å². The maximum Gasteiger partial charge on any atom is 0.334 e. The fraction of sp³-hybridized carbons (Fsp3) is 0.500. The fourth-order valence-corrected chi connectivity index (χ4v) is 0.701. The zero-order valence-electron chi connectivity index (χ0n) is 6.62. The molecule has 0 aromatic rings. The molecule has 0 saturated carbocycles. The Morgan fingerprint density at radius 1 is 1.67 bits per heavy atom. The van der Waals surface area contributed by atoms with Gasteiger partial charge in [0.1, 0.15) is 12.4 Å². The molecule has 0 aromatic heterocycles. The molecule has 1 saturated heterocycles. The Morgan fingerprint density at radius 2 is 2.33 bits per heavy atom. The summed E-state index contributed by atoms with van der Waals surface area (Å²) in [7, 11) is 0. The van der Waals surface area contributed by atoms with Crippen LogP contribution in [0.3, 0.4) is 0 Å². The van der Waals surface area contributed by atoms with Crippen LogP contribution in [0.5, 0.6) is 0 Å². The summed E-state index contributed by atoms with van der Waals surface area (Å²) in [4.78, 5) is 21.0. The van der Waals surface area contributed by atoms with Crippen molar-refractivity contribution in [1.29, 1.82) is 0 Å². The molecule has 66 valence electrons. The Kier molecular flexibility index (Phi) is 2.99. The summed E-state index contributed by atoms with van der Waals surface area (Å²) in [5, 5.41) is 0. The van der Waals surface area contributed by atoms with Gasteiger partial charge in [-0.25, -0.2) is 4.79 Å². The lowest BCUT2D eigenvalue weighted by Gasteiger charge is -2.25. The predicted molar refractivity (Wildman–Crippen MR) is 40.5 cm³/mol. The van der Waals surface area contributed by atoms with Crippen molar-refractivity contribution in [3.05, 3.63) is 12.2 Å². The van der Waals surface area contributed by atoms with E-state index in [-0.39, 0.29) is 18.1 Å². The molecule has 12 heavy (non-hydrogen) atoms. The highest BCUT2D eigenvalue weighted by atomic mass is 16.6. The molecule has 0 atom stereocenters. The maximum atomic E-state index is 11.0. The predicted octanol–water partition coefficient (Wildman–Crippen LogP) is 0.0736. The van der Waals surface area contributed by atoms with Crippen LogP contribution in [-0.2, 0) is 19.1 Å². The van der Waals surface area contributed by atoms with Crippen LogP contribution in [0, 0.1) is 0 Å². The Balaban J connectivity index is 2.26. The molecule has 0 radical (unpaired) electrons. The van der Waals surface area contributed by atoms with E-state index in [1.54, 1.807) is 0 Å². The van der Waals surface area contributed by atoms with Gasteiger partial charge >= 0.3 is 5.97 Å². The lowest BCUT2D eigenvalue weighted by molar-refractivity contribution is -0.167. The first kappa shape index (κ1) is 8.93. The maximum absolute atomic E-state index is 11.0. The van der Waals surface area contributed by atoms with Crippen LogP contribution < -0.4 is 0 Å². The number of hydrogen-bond donors (Lipinski definition) is 0. The van der Waals surface area contributed by atoms with Gasteiger partial charge in [0.15, 0.2) is 0 Å². The molecule has 0 aliphatic carbocycles. The molecule has 0 spiro atoms. The standard InChI is InChI=1S/C8H10O4/c1-6(2-3-9)8(10)12-7-4-11-5-7/h3,7H,1-2,4-5H2. The van der Waals surface area contributed by atoms with Crippen molar-refractivity contribution in [2.24, 2.45) is 0 Å². The van der Waals surface area contributed by atoms with E-state index in [0.29, 0.717) is 19.5 Å². The highest BCUT2D eigenvalue weighted by Crippen LogP contribution is 2.08. The molecule has 1 fully saturated rings. The number of ether oxygens (including phenoxy) is 2. The van der Waals surface area contributed by atoms with Crippen molar-refractivity contribution in [3.8, 4) is 0 Å². The average Bonchev–Trinajstić information content (AvgIpc) is 1.97. The summed E-state index contributed by atoms with van der Waals surface area (Å²) >= 11 is 0. The van der Waals surface area contributed by atoms with Gasteiger partial charge in [0.2, 0.25) is 0 Å². The van der Waals surface area contributed by atoms with Gasteiger partial charge in [-0.2, -0.15) is 0 Å². The van der Waals surface area contributed by atoms with Crippen LogP contribution in [-0.4, -0.2) is 31.6 Å². The third-order valence-electron chi connectivity index (χ3n) is 1.50. The lowest BCUT2D eigenvalue weighted by Crippen LogP contribution is -2.38. The molecule has 0 unspecified atom stereocenters. The minimum absolute atomic E-state index is 0.0341. The van der Waals surface area contributed by atoms with Gasteiger partial charge in [-0.1, -0.05) is 6.58 Å². The van der Waals surface area contributed by atoms with Crippen molar-refractivity contribution in [1.82, 2.24) is 0 Å². The third kappa shape index (κ3) is 2.17. The van der Waals surface area contributed by atoms with E-state index in [1.165, 1.54) is 0 Å². The highest BCUT2D eigenvalue weighted by Gasteiger charge is 2.23. The quantitative estimate of drug-likeness (QED) is 0.340. The number of aldehydes is 1. The summed E-state index contributed by atoms with van der Waals surface area (Å²) in [5.74, 6) is -0.504. The molecule has 0 amide bonds. The van der Waals surface area contributed by atoms with Gasteiger partial charge in [0.05, 0.1) is 13.2 Å². The van der Waals surface area contributed by atoms with E-state index in [9.17, 15) is 9.59 Å². The van der Waals surface area contributed by atoms with E-state index in [1.807, 2.05) is 0 Å². The van der Waals surface area contributed by atoms with E-state index in [2.05, 4.69) is 6.58 Å². The minimum Gasteiger partial charge on any atom is -0.454 e. The van der Waals surface area contributed by atoms with Crippen LogP contribution in [0.15, 0.2) is 12.2 Å². The zero-order valence-corrected chi connectivity index (χ0v) is 6.62. The van der Waals surface area contributed by atoms with Crippen molar-refractivity contribution in [2.75, 3.05) is 13.2 Å². The number of esters is 1. The van der Waals surface area contributed by atoms with Crippen molar-refractivity contribution in [3.63, 3.8) is 0 Å². The molecular formula is C8H10O4.